The first-order valence-electron chi connectivity index (χ1n) is 9.44. The molecular weight excluding hydrogens is 398 g/mol. The molecule has 0 atom stereocenters. The number of allylic oxidation sites excluding steroid dienone is 1. The molecule has 1 aliphatic rings. The van der Waals surface area contributed by atoms with Gasteiger partial charge in [0.05, 0.1) is 25.3 Å². The number of benzene rings is 2. The summed E-state index contributed by atoms with van der Waals surface area (Å²) in [6.45, 7) is 1.73. The largest absolute Gasteiger partial charge is 0.493 e. The number of ketones is 1. The molecule has 1 aromatic heterocycles. The maximum absolute atomic E-state index is 12.8. The number of rotatable bonds is 5. The number of ether oxygens (including phenoxy) is 4. The molecule has 31 heavy (non-hydrogen) atoms. The molecule has 0 saturated heterocycles. The van der Waals surface area contributed by atoms with Crippen molar-refractivity contribution in [1.29, 1.82) is 0 Å². The number of methoxy groups -OCH3 is 2. The molecule has 1 aliphatic heterocycles. The molecule has 0 amide bonds. The fourth-order valence-electron chi connectivity index (χ4n) is 3.21. The van der Waals surface area contributed by atoms with E-state index in [0.29, 0.717) is 39.7 Å². The average Bonchev–Trinajstić information content (AvgIpc) is 3.12. The molecule has 0 spiro atoms. The molecule has 3 aromatic rings. The van der Waals surface area contributed by atoms with Crippen molar-refractivity contribution in [1.82, 2.24) is 4.98 Å². The highest BCUT2D eigenvalue weighted by Crippen LogP contribution is 2.40. The van der Waals surface area contributed by atoms with Gasteiger partial charge in [0.1, 0.15) is 11.5 Å². The van der Waals surface area contributed by atoms with Crippen LogP contribution in [0, 0.1) is 6.92 Å². The molecule has 0 radical (unpaired) electrons. The minimum atomic E-state index is -0.540. The Morgan fingerprint density at radius 1 is 1.03 bits per heavy atom. The number of carbonyl (C=O) groups is 2. The summed E-state index contributed by atoms with van der Waals surface area (Å²) >= 11 is 0. The van der Waals surface area contributed by atoms with Gasteiger partial charge in [-0.3, -0.25) is 9.78 Å². The number of nitrogens with zero attached hydrogens (tertiary/aromatic N) is 1. The highest BCUT2D eigenvalue weighted by molar-refractivity contribution is 6.15. The first-order chi connectivity index (χ1) is 15.0. The van der Waals surface area contributed by atoms with Gasteiger partial charge >= 0.3 is 5.97 Å². The number of Topliss-reactive ketones (excluding diaryl/α,β-unsaturated/α-hetero) is 1. The molecule has 7 nitrogen and oxygen atoms in total. The molecule has 0 fully saturated rings. The fraction of sp³-hybridized carbons (Fsp3) is 0.125. The zero-order chi connectivity index (χ0) is 22.0. The Morgan fingerprint density at radius 2 is 1.81 bits per heavy atom. The van der Waals surface area contributed by atoms with Crippen LogP contribution in [-0.4, -0.2) is 31.0 Å². The average molecular weight is 417 g/mol. The van der Waals surface area contributed by atoms with Gasteiger partial charge in [-0.25, -0.2) is 4.79 Å². The van der Waals surface area contributed by atoms with E-state index in [-0.39, 0.29) is 11.5 Å². The van der Waals surface area contributed by atoms with E-state index in [4.69, 9.17) is 18.9 Å². The monoisotopic (exact) mass is 417 g/mol. The second-order valence-electron chi connectivity index (χ2n) is 6.75. The third kappa shape index (κ3) is 3.85. The van der Waals surface area contributed by atoms with Crippen LogP contribution in [0.2, 0.25) is 0 Å². The summed E-state index contributed by atoms with van der Waals surface area (Å²) < 4.78 is 21.9. The van der Waals surface area contributed by atoms with Gasteiger partial charge < -0.3 is 18.9 Å². The quantitative estimate of drug-likeness (QED) is 0.349. The minimum absolute atomic E-state index is 0.168. The van der Waals surface area contributed by atoms with Crippen molar-refractivity contribution in [3.63, 3.8) is 0 Å². The van der Waals surface area contributed by atoms with E-state index in [2.05, 4.69) is 4.98 Å². The van der Waals surface area contributed by atoms with E-state index < -0.39 is 5.97 Å². The van der Waals surface area contributed by atoms with Gasteiger partial charge in [-0.2, -0.15) is 0 Å². The van der Waals surface area contributed by atoms with Gasteiger partial charge in [0.15, 0.2) is 17.3 Å². The molecule has 0 N–H and O–H groups in total. The van der Waals surface area contributed by atoms with E-state index in [9.17, 15) is 9.59 Å². The lowest BCUT2D eigenvalue weighted by Gasteiger charge is -2.10. The third-order valence-electron chi connectivity index (χ3n) is 4.84. The number of fused-ring (bicyclic) bond motifs is 1. The molecule has 156 valence electrons. The number of hydrogen-bond acceptors (Lipinski definition) is 7. The van der Waals surface area contributed by atoms with E-state index in [1.807, 2.05) is 0 Å². The lowest BCUT2D eigenvalue weighted by Crippen LogP contribution is -2.09. The highest BCUT2D eigenvalue weighted by atomic mass is 16.5. The summed E-state index contributed by atoms with van der Waals surface area (Å²) in [4.78, 5) is 29.1. The summed E-state index contributed by atoms with van der Waals surface area (Å²) in [5, 5.41) is 0. The van der Waals surface area contributed by atoms with Crippen molar-refractivity contribution in [2.45, 2.75) is 6.92 Å². The lowest BCUT2D eigenvalue weighted by atomic mass is 10.1. The molecule has 2 aromatic carbocycles. The van der Waals surface area contributed by atoms with E-state index in [1.165, 1.54) is 6.20 Å². The van der Waals surface area contributed by atoms with Crippen LogP contribution in [0.3, 0.4) is 0 Å². The zero-order valence-corrected chi connectivity index (χ0v) is 17.2. The van der Waals surface area contributed by atoms with Crippen LogP contribution in [0.5, 0.6) is 23.0 Å². The maximum Gasteiger partial charge on any atom is 0.345 e. The number of hydrogen-bond donors (Lipinski definition) is 0. The third-order valence-corrected chi connectivity index (χ3v) is 4.84. The van der Waals surface area contributed by atoms with Crippen LogP contribution < -0.4 is 18.9 Å². The lowest BCUT2D eigenvalue weighted by molar-refractivity contribution is 0.0732. The predicted octanol–water partition coefficient (Wildman–Crippen LogP) is 4.24. The van der Waals surface area contributed by atoms with E-state index in [0.717, 1.165) is 5.56 Å². The summed E-state index contributed by atoms with van der Waals surface area (Å²) in [5.41, 5.74) is 2.01. The van der Waals surface area contributed by atoms with Gasteiger partial charge in [-0.1, -0.05) is 6.07 Å². The van der Waals surface area contributed by atoms with Crippen molar-refractivity contribution in [2.24, 2.45) is 0 Å². The summed E-state index contributed by atoms with van der Waals surface area (Å²) in [6.07, 6.45) is 4.63. The van der Waals surface area contributed by atoms with Crippen molar-refractivity contribution >= 4 is 17.8 Å². The van der Waals surface area contributed by atoms with Crippen molar-refractivity contribution < 1.29 is 28.5 Å². The van der Waals surface area contributed by atoms with Crippen LogP contribution in [0.15, 0.2) is 60.6 Å². The summed E-state index contributed by atoms with van der Waals surface area (Å²) in [5.74, 6) is 1.18. The summed E-state index contributed by atoms with van der Waals surface area (Å²) in [6, 6.07) is 11.7. The Hall–Kier alpha value is -4.13. The molecule has 0 unspecified atom stereocenters. The SMILES string of the molecule is COc1ccc(/C=C2\Oc3c(ccc(OC(=O)c4cccnc4)c3C)C2=O)cc1OC. The van der Waals surface area contributed by atoms with Gasteiger partial charge in [-0.15, -0.1) is 0 Å². The molecule has 4 rings (SSSR count). The second-order valence-corrected chi connectivity index (χ2v) is 6.75. The van der Waals surface area contributed by atoms with E-state index >= 15 is 0 Å². The Morgan fingerprint density at radius 3 is 2.52 bits per heavy atom. The molecule has 0 aliphatic carbocycles. The van der Waals surface area contributed by atoms with Crippen LogP contribution in [0.1, 0.15) is 31.8 Å². The van der Waals surface area contributed by atoms with Crippen LogP contribution >= 0.6 is 0 Å². The van der Waals surface area contributed by atoms with Gasteiger partial charge in [0.25, 0.3) is 0 Å². The second kappa shape index (κ2) is 8.31. The number of aromatic nitrogens is 1. The molecule has 0 bridgehead atoms. The topological polar surface area (TPSA) is 84.0 Å². The normalized spacial score (nSPS) is 13.5. The fourth-order valence-corrected chi connectivity index (χ4v) is 3.21. The molecular formula is C24H19NO6. The van der Waals surface area contributed by atoms with Crippen molar-refractivity contribution in [3.8, 4) is 23.0 Å². The van der Waals surface area contributed by atoms with Gasteiger partial charge in [0.2, 0.25) is 5.78 Å². The minimum Gasteiger partial charge on any atom is -0.493 e. The van der Waals surface area contributed by atoms with Crippen LogP contribution in [-0.2, 0) is 0 Å². The standard InChI is InChI=1S/C24H19NO6/c1-14-18(31-24(27)16-5-4-10-25-13-16)9-7-17-22(26)21(30-23(14)17)12-15-6-8-19(28-2)20(11-15)29-3/h4-13H,1-3H3/b21-12-. The zero-order valence-electron chi connectivity index (χ0n) is 17.2. The predicted molar refractivity (Wildman–Crippen MR) is 113 cm³/mol. The number of carbonyl (C=O) groups excluding carboxylic acids is 2. The van der Waals surface area contributed by atoms with Crippen LogP contribution in [0.4, 0.5) is 0 Å². The van der Waals surface area contributed by atoms with E-state index in [1.54, 1.807) is 75.9 Å². The first kappa shape index (κ1) is 20.2. The highest BCUT2D eigenvalue weighted by Gasteiger charge is 2.30. The Bertz CT molecular complexity index is 1200. The van der Waals surface area contributed by atoms with Crippen molar-refractivity contribution in [3.05, 3.63) is 82.9 Å². The Kier molecular flexibility index (Phi) is 5.41. The summed E-state index contributed by atoms with van der Waals surface area (Å²) in [7, 11) is 3.09. The number of esters is 1. The van der Waals surface area contributed by atoms with Crippen LogP contribution in [0.25, 0.3) is 6.08 Å². The molecule has 0 saturated carbocycles. The Labute approximate surface area is 178 Å². The molecule has 2 heterocycles. The Balaban J connectivity index is 1.61. The first-order valence-corrected chi connectivity index (χ1v) is 9.44. The number of pyridine rings is 1. The van der Waals surface area contributed by atoms with Crippen molar-refractivity contribution in [2.75, 3.05) is 14.2 Å². The molecule has 7 heteroatoms. The smallest absolute Gasteiger partial charge is 0.345 e. The van der Waals surface area contributed by atoms with Gasteiger partial charge in [0, 0.05) is 18.0 Å². The maximum atomic E-state index is 12.8. The van der Waals surface area contributed by atoms with Gasteiger partial charge in [-0.05, 0) is 55.0 Å².